The van der Waals surface area contributed by atoms with Crippen molar-refractivity contribution in [1.82, 2.24) is 9.97 Å². The first kappa shape index (κ1) is 13.3. The SMILES string of the molecule is CCS(=O)(=O)c1ccc(-c2nc(C)[nH]c2Br)cc1. The Morgan fingerprint density at radius 2 is 1.89 bits per heavy atom. The summed E-state index contributed by atoms with van der Waals surface area (Å²) in [5, 5.41) is 0. The summed E-state index contributed by atoms with van der Waals surface area (Å²) in [4.78, 5) is 7.73. The predicted octanol–water partition coefficient (Wildman–Crippen LogP) is 2.94. The summed E-state index contributed by atoms with van der Waals surface area (Å²) >= 11 is 3.39. The van der Waals surface area contributed by atoms with Gasteiger partial charge in [0.15, 0.2) is 9.84 Å². The normalized spacial score (nSPS) is 11.7. The molecule has 96 valence electrons. The van der Waals surface area contributed by atoms with E-state index in [0.29, 0.717) is 4.90 Å². The minimum atomic E-state index is -3.14. The van der Waals surface area contributed by atoms with Gasteiger partial charge in [0.05, 0.1) is 10.6 Å². The summed E-state index contributed by atoms with van der Waals surface area (Å²) in [6.07, 6.45) is 0. The van der Waals surface area contributed by atoms with Crippen LogP contribution in [0.5, 0.6) is 0 Å². The maximum absolute atomic E-state index is 11.7. The second kappa shape index (κ2) is 4.85. The van der Waals surface area contributed by atoms with E-state index >= 15 is 0 Å². The van der Waals surface area contributed by atoms with Crippen LogP contribution in [0.25, 0.3) is 11.3 Å². The van der Waals surface area contributed by atoms with Crippen molar-refractivity contribution >= 4 is 25.8 Å². The first-order valence-electron chi connectivity index (χ1n) is 5.49. The molecule has 0 unspecified atom stereocenters. The summed E-state index contributed by atoms with van der Waals surface area (Å²) in [6.45, 7) is 3.50. The van der Waals surface area contributed by atoms with Crippen LogP contribution >= 0.6 is 15.9 Å². The zero-order valence-corrected chi connectivity index (χ0v) is 12.5. The Balaban J connectivity index is 2.42. The molecule has 0 saturated carbocycles. The summed E-state index contributed by atoms with van der Waals surface area (Å²) in [7, 11) is -3.14. The molecule has 0 aliphatic heterocycles. The molecular formula is C12H13BrN2O2S. The van der Waals surface area contributed by atoms with Crippen LogP contribution < -0.4 is 0 Å². The maximum atomic E-state index is 11.7. The molecule has 1 aromatic heterocycles. The number of nitrogens with one attached hydrogen (secondary N) is 1. The van der Waals surface area contributed by atoms with Crippen LogP contribution in [0.1, 0.15) is 12.7 Å². The second-order valence-electron chi connectivity index (χ2n) is 3.91. The van der Waals surface area contributed by atoms with Gasteiger partial charge in [0, 0.05) is 5.56 Å². The molecule has 0 aliphatic carbocycles. The van der Waals surface area contributed by atoms with Crippen LogP contribution in [0.3, 0.4) is 0 Å². The number of H-pyrrole nitrogens is 1. The topological polar surface area (TPSA) is 62.8 Å². The molecule has 0 amide bonds. The minimum Gasteiger partial charge on any atom is -0.336 e. The Bertz CT molecular complexity index is 660. The lowest BCUT2D eigenvalue weighted by molar-refractivity contribution is 0.597. The molecule has 4 nitrogen and oxygen atoms in total. The van der Waals surface area contributed by atoms with E-state index in [9.17, 15) is 8.42 Å². The second-order valence-corrected chi connectivity index (χ2v) is 6.98. The monoisotopic (exact) mass is 328 g/mol. The van der Waals surface area contributed by atoms with E-state index in [-0.39, 0.29) is 5.75 Å². The van der Waals surface area contributed by atoms with E-state index in [1.165, 1.54) is 0 Å². The number of benzene rings is 1. The highest BCUT2D eigenvalue weighted by molar-refractivity contribution is 9.10. The lowest BCUT2D eigenvalue weighted by atomic mass is 10.2. The van der Waals surface area contributed by atoms with E-state index in [1.807, 2.05) is 6.92 Å². The molecule has 0 atom stereocenters. The summed E-state index contributed by atoms with van der Waals surface area (Å²) in [5.41, 5.74) is 1.66. The zero-order chi connectivity index (χ0) is 13.3. The van der Waals surface area contributed by atoms with Gasteiger partial charge in [-0.15, -0.1) is 0 Å². The fourth-order valence-electron chi connectivity index (χ4n) is 1.64. The third-order valence-electron chi connectivity index (χ3n) is 2.64. The fourth-order valence-corrected chi connectivity index (χ4v) is 3.13. The third kappa shape index (κ3) is 2.49. The van der Waals surface area contributed by atoms with E-state index in [1.54, 1.807) is 31.2 Å². The number of rotatable bonds is 3. The zero-order valence-electron chi connectivity index (χ0n) is 10.1. The number of hydrogen-bond donors (Lipinski definition) is 1. The van der Waals surface area contributed by atoms with Crippen LogP contribution in [-0.4, -0.2) is 24.1 Å². The first-order valence-corrected chi connectivity index (χ1v) is 7.94. The molecule has 1 aromatic carbocycles. The van der Waals surface area contributed by atoms with Gasteiger partial charge in [-0.25, -0.2) is 13.4 Å². The van der Waals surface area contributed by atoms with Gasteiger partial charge in [-0.05, 0) is 35.0 Å². The predicted molar refractivity (Wildman–Crippen MR) is 74.2 cm³/mol. The highest BCUT2D eigenvalue weighted by Gasteiger charge is 2.13. The van der Waals surface area contributed by atoms with Crippen LogP contribution in [0.2, 0.25) is 0 Å². The van der Waals surface area contributed by atoms with Crippen molar-refractivity contribution in [2.75, 3.05) is 5.75 Å². The number of hydrogen-bond acceptors (Lipinski definition) is 3. The van der Waals surface area contributed by atoms with Crippen molar-refractivity contribution in [2.24, 2.45) is 0 Å². The van der Waals surface area contributed by atoms with Crippen molar-refractivity contribution in [2.45, 2.75) is 18.7 Å². The Morgan fingerprint density at radius 1 is 1.28 bits per heavy atom. The quantitative estimate of drug-likeness (QED) is 0.942. The molecule has 0 aliphatic rings. The van der Waals surface area contributed by atoms with E-state index in [2.05, 4.69) is 25.9 Å². The number of aryl methyl sites for hydroxylation is 1. The van der Waals surface area contributed by atoms with E-state index in [0.717, 1.165) is 21.7 Å². The van der Waals surface area contributed by atoms with Gasteiger partial charge >= 0.3 is 0 Å². The third-order valence-corrected chi connectivity index (χ3v) is 4.97. The molecule has 0 saturated heterocycles. The van der Waals surface area contributed by atoms with Crippen molar-refractivity contribution in [3.05, 3.63) is 34.7 Å². The van der Waals surface area contributed by atoms with Gasteiger partial charge in [0.2, 0.25) is 0 Å². The smallest absolute Gasteiger partial charge is 0.178 e. The van der Waals surface area contributed by atoms with Gasteiger partial charge in [-0.2, -0.15) is 0 Å². The highest BCUT2D eigenvalue weighted by Crippen LogP contribution is 2.26. The van der Waals surface area contributed by atoms with Gasteiger partial charge < -0.3 is 4.98 Å². The minimum absolute atomic E-state index is 0.109. The van der Waals surface area contributed by atoms with Crippen molar-refractivity contribution in [1.29, 1.82) is 0 Å². The molecule has 0 bridgehead atoms. The molecular weight excluding hydrogens is 316 g/mol. The number of aromatic amines is 1. The molecule has 0 spiro atoms. The standard InChI is InChI=1S/C12H13BrN2O2S/c1-3-18(16,17)10-6-4-9(5-7-10)11-12(13)15-8(2)14-11/h4-7H,3H2,1-2H3,(H,14,15). The fraction of sp³-hybridized carbons (Fsp3) is 0.250. The van der Waals surface area contributed by atoms with Gasteiger partial charge in [0.1, 0.15) is 16.1 Å². The van der Waals surface area contributed by atoms with Crippen molar-refractivity contribution < 1.29 is 8.42 Å². The molecule has 0 radical (unpaired) electrons. The average molecular weight is 329 g/mol. The molecule has 0 fully saturated rings. The molecule has 6 heteroatoms. The van der Waals surface area contributed by atoms with Crippen LogP contribution in [0, 0.1) is 6.92 Å². The summed E-state index contributed by atoms with van der Waals surface area (Å²) in [5.74, 6) is 0.916. The Morgan fingerprint density at radius 3 is 2.33 bits per heavy atom. The van der Waals surface area contributed by atoms with Crippen LogP contribution in [-0.2, 0) is 9.84 Å². The average Bonchev–Trinajstić information content (AvgIpc) is 2.69. The molecule has 2 rings (SSSR count). The van der Waals surface area contributed by atoms with E-state index in [4.69, 9.17) is 0 Å². The Kier molecular flexibility index (Phi) is 3.59. The van der Waals surface area contributed by atoms with Gasteiger partial charge in [-0.1, -0.05) is 19.1 Å². The number of sulfone groups is 1. The van der Waals surface area contributed by atoms with Gasteiger partial charge in [-0.3, -0.25) is 0 Å². The largest absolute Gasteiger partial charge is 0.336 e. The summed E-state index contributed by atoms with van der Waals surface area (Å²) < 4.78 is 24.2. The molecule has 1 heterocycles. The van der Waals surface area contributed by atoms with Crippen LogP contribution in [0.15, 0.2) is 33.8 Å². The Hall–Kier alpha value is -1.14. The lowest BCUT2D eigenvalue weighted by Gasteiger charge is -2.02. The summed E-state index contributed by atoms with van der Waals surface area (Å²) in [6, 6.07) is 6.76. The number of nitrogens with zero attached hydrogens (tertiary/aromatic N) is 1. The molecule has 18 heavy (non-hydrogen) atoms. The first-order chi connectivity index (χ1) is 8.44. The van der Waals surface area contributed by atoms with Crippen molar-refractivity contribution in [3.63, 3.8) is 0 Å². The number of aromatic nitrogens is 2. The number of halogens is 1. The Labute approximate surface area is 115 Å². The lowest BCUT2D eigenvalue weighted by Crippen LogP contribution is -2.03. The van der Waals surface area contributed by atoms with Crippen molar-refractivity contribution in [3.8, 4) is 11.3 Å². The van der Waals surface area contributed by atoms with E-state index < -0.39 is 9.84 Å². The highest BCUT2D eigenvalue weighted by atomic mass is 79.9. The molecule has 1 N–H and O–H groups in total. The number of imidazole rings is 1. The van der Waals surface area contributed by atoms with Gasteiger partial charge in [0.25, 0.3) is 0 Å². The van der Waals surface area contributed by atoms with Crippen LogP contribution in [0.4, 0.5) is 0 Å². The maximum Gasteiger partial charge on any atom is 0.178 e. The molecule has 2 aromatic rings.